The molecule has 1 unspecified atom stereocenters. The van der Waals surface area contributed by atoms with Gasteiger partial charge in [-0.3, -0.25) is 14.5 Å². The van der Waals surface area contributed by atoms with Crippen LogP contribution in [0.15, 0.2) is 65.3 Å². The van der Waals surface area contributed by atoms with Gasteiger partial charge in [-0.2, -0.15) is 0 Å². The number of fused-ring (bicyclic) bond motifs is 1. The molecule has 2 amide bonds. The summed E-state index contributed by atoms with van der Waals surface area (Å²) < 4.78 is 22.6. The summed E-state index contributed by atoms with van der Waals surface area (Å²) in [5, 5.41) is 3.22. The second kappa shape index (κ2) is 11.4. The van der Waals surface area contributed by atoms with Crippen LogP contribution in [0.3, 0.4) is 0 Å². The average molecular weight is 505 g/mol. The molecule has 194 valence electrons. The number of carbonyl (C=O) groups is 2. The number of hydrogen-bond donors (Lipinski definition) is 1. The molecule has 2 heterocycles. The van der Waals surface area contributed by atoms with Crippen molar-refractivity contribution in [2.24, 2.45) is 0 Å². The van der Waals surface area contributed by atoms with Gasteiger partial charge in [-0.1, -0.05) is 31.4 Å². The predicted molar refractivity (Wildman–Crippen MR) is 138 cm³/mol. The molecule has 2 aliphatic rings. The smallest absolute Gasteiger partial charge is 0.294 e. The van der Waals surface area contributed by atoms with E-state index in [4.69, 9.17) is 18.6 Å². The average Bonchev–Trinajstić information content (AvgIpc) is 3.48. The summed E-state index contributed by atoms with van der Waals surface area (Å²) in [5.41, 5.74) is 1.16. The molecule has 0 radical (unpaired) electrons. The Morgan fingerprint density at radius 1 is 1.00 bits per heavy atom. The SMILES string of the molecule is CCOc1ccc(C(C(=O)NC2CCCCC2)N(C(=O)c2ccco2)c2ccc3c(c2)OCCO3)cc1. The quantitative estimate of drug-likeness (QED) is 0.449. The van der Waals surface area contributed by atoms with Crippen LogP contribution in [0.5, 0.6) is 17.2 Å². The van der Waals surface area contributed by atoms with E-state index in [1.807, 2.05) is 31.2 Å². The van der Waals surface area contributed by atoms with Gasteiger partial charge < -0.3 is 23.9 Å². The predicted octanol–water partition coefficient (Wildman–Crippen LogP) is 5.29. The number of hydrogen-bond acceptors (Lipinski definition) is 6. The van der Waals surface area contributed by atoms with Gasteiger partial charge in [-0.25, -0.2) is 0 Å². The number of nitrogens with one attached hydrogen (secondary N) is 1. The molecule has 1 saturated carbocycles. The first kappa shape index (κ1) is 24.7. The highest BCUT2D eigenvalue weighted by molar-refractivity contribution is 6.08. The molecule has 0 bridgehead atoms. The number of amides is 2. The van der Waals surface area contributed by atoms with Crippen LogP contribution in [0.25, 0.3) is 0 Å². The summed E-state index contributed by atoms with van der Waals surface area (Å²) in [6, 6.07) is 15.0. The molecule has 1 fully saturated rings. The highest BCUT2D eigenvalue weighted by Gasteiger charge is 2.36. The van der Waals surface area contributed by atoms with Crippen molar-refractivity contribution in [3.8, 4) is 17.2 Å². The highest BCUT2D eigenvalue weighted by Crippen LogP contribution is 2.38. The molecule has 0 spiro atoms. The molecule has 3 aromatic rings. The van der Waals surface area contributed by atoms with Gasteiger partial charge in [0.1, 0.15) is 25.0 Å². The Bertz CT molecular complexity index is 1200. The fraction of sp³-hybridized carbons (Fsp3) is 0.379. The van der Waals surface area contributed by atoms with E-state index < -0.39 is 11.9 Å². The van der Waals surface area contributed by atoms with E-state index >= 15 is 0 Å². The van der Waals surface area contributed by atoms with E-state index in [1.54, 1.807) is 30.3 Å². The molecule has 1 aromatic heterocycles. The minimum atomic E-state index is -0.947. The van der Waals surface area contributed by atoms with Gasteiger partial charge in [0.25, 0.3) is 5.91 Å². The number of ether oxygens (including phenoxy) is 3. The van der Waals surface area contributed by atoms with Crippen molar-refractivity contribution in [1.29, 1.82) is 0 Å². The van der Waals surface area contributed by atoms with Crippen molar-refractivity contribution in [3.63, 3.8) is 0 Å². The second-order valence-electron chi connectivity index (χ2n) is 9.23. The van der Waals surface area contributed by atoms with Gasteiger partial charge >= 0.3 is 0 Å². The van der Waals surface area contributed by atoms with Crippen molar-refractivity contribution in [1.82, 2.24) is 5.32 Å². The van der Waals surface area contributed by atoms with Crippen LogP contribution in [0.2, 0.25) is 0 Å². The fourth-order valence-electron chi connectivity index (χ4n) is 4.94. The topological polar surface area (TPSA) is 90.2 Å². The van der Waals surface area contributed by atoms with Gasteiger partial charge in [-0.15, -0.1) is 0 Å². The molecule has 37 heavy (non-hydrogen) atoms. The van der Waals surface area contributed by atoms with Gasteiger partial charge in [0.05, 0.1) is 12.9 Å². The summed E-state index contributed by atoms with van der Waals surface area (Å²) in [4.78, 5) is 29.4. The largest absolute Gasteiger partial charge is 0.494 e. The van der Waals surface area contributed by atoms with Crippen molar-refractivity contribution < 1.29 is 28.2 Å². The van der Waals surface area contributed by atoms with Crippen molar-refractivity contribution in [2.75, 3.05) is 24.7 Å². The van der Waals surface area contributed by atoms with Gasteiger partial charge in [0, 0.05) is 17.8 Å². The maximum absolute atomic E-state index is 14.0. The zero-order valence-corrected chi connectivity index (χ0v) is 21.0. The normalized spacial score (nSPS) is 16.0. The second-order valence-corrected chi connectivity index (χ2v) is 9.23. The van der Waals surface area contributed by atoms with E-state index in [9.17, 15) is 9.59 Å². The number of benzene rings is 2. The maximum atomic E-state index is 14.0. The fourth-order valence-corrected chi connectivity index (χ4v) is 4.94. The molecule has 1 atom stereocenters. The van der Waals surface area contributed by atoms with Crippen LogP contribution in [-0.4, -0.2) is 37.7 Å². The lowest BCUT2D eigenvalue weighted by Crippen LogP contribution is -2.47. The molecule has 5 rings (SSSR count). The summed E-state index contributed by atoms with van der Waals surface area (Å²) in [6.07, 6.45) is 6.64. The van der Waals surface area contributed by atoms with Gasteiger partial charge in [0.15, 0.2) is 17.3 Å². The number of carbonyl (C=O) groups excluding carboxylic acids is 2. The Labute approximate surface area is 216 Å². The summed E-state index contributed by atoms with van der Waals surface area (Å²) in [5.74, 6) is 1.28. The maximum Gasteiger partial charge on any atom is 0.294 e. The van der Waals surface area contributed by atoms with Crippen LogP contribution in [0.4, 0.5) is 5.69 Å². The Morgan fingerprint density at radius 3 is 2.46 bits per heavy atom. The first-order chi connectivity index (χ1) is 18.1. The monoisotopic (exact) mass is 504 g/mol. The van der Waals surface area contributed by atoms with E-state index in [0.717, 1.165) is 25.7 Å². The lowest BCUT2D eigenvalue weighted by atomic mass is 9.94. The highest BCUT2D eigenvalue weighted by atomic mass is 16.6. The van der Waals surface area contributed by atoms with Gasteiger partial charge in [-0.05, 0) is 61.7 Å². The molecular formula is C29H32N2O6. The third kappa shape index (κ3) is 5.58. The minimum Gasteiger partial charge on any atom is -0.494 e. The molecule has 8 heteroatoms. The van der Waals surface area contributed by atoms with Crippen LogP contribution in [0, 0.1) is 0 Å². The molecule has 8 nitrogen and oxygen atoms in total. The van der Waals surface area contributed by atoms with E-state index in [2.05, 4.69) is 5.32 Å². The number of furan rings is 1. The zero-order chi connectivity index (χ0) is 25.6. The molecule has 1 aliphatic heterocycles. The Kier molecular flexibility index (Phi) is 7.63. The standard InChI is InChI=1S/C29H32N2O6/c1-2-34-23-13-10-20(11-14-23)27(28(32)30-21-7-4-3-5-8-21)31(29(33)25-9-6-16-35-25)22-12-15-24-26(19-22)37-18-17-36-24/h6,9-16,19,21,27H,2-5,7-8,17-18H2,1H3,(H,30,32). The summed E-state index contributed by atoms with van der Waals surface area (Å²) in [7, 11) is 0. The van der Waals surface area contributed by atoms with Crippen LogP contribution in [0.1, 0.15) is 61.2 Å². The minimum absolute atomic E-state index is 0.0762. The van der Waals surface area contributed by atoms with Crippen LogP contribution in [-0.2, 0) is 4.79 Å². The Balaban J connectivity index is 1.58. The number of anilines is 1. The summed E-state index contributed by atoms with van der Waals surface area (Å²) in [6.45, 7) is 3.32. The zero-order valence-electron chi connectivity index (χ0n) is 21.0. The van der Waals surface area contributed by atoms with E-state index in [-0.39, 0.29) is 17.7 Å². The van der Waals surface area contributed by atoms with E-state index in [1.165, 1.54) is 17.6 Å². The van der Waals surface area contributed by atoms with Crippen LogP contribution < -0.4 is 24.4 Å². The van der Waals surface area contributed by atoms with Crippen molar-refractivity contribution >= 4 is 17.5 Å². The Morgan fingerprint density at radius 2 is 1.76 bits per heavy atom. The summed E-state index contributed by atoms with van der Waals surface area (Å²) >= 11 is 0. The number of rotatable bonds is 8. The van der Waals surface area contributed by atoms with Crippen molar-refractivity contribution in [3.05, 3.63) is 72.2 Å². The molecule has 1 N–H and O–H groups in total. The molecule has 2 aromatic carbocycles. The lowest BCUT2D eigenvalue weighted by Gasteiger charge is -2.33. The third-order valence-corrected chi connectivity index (χ3v) is 6.72. The molecule has 1 aliphatic carbocycles. The third-order valence-electron chi connectivity index (χ3n) is 6.72. The van der Waals surface area contributed by atoms with Crippen LogP contribution >= 0.6 is 0 Å². The lowest BCUT2D eigenvalue weighted by molar-refractivity contribution is -0.123. The van der Waals surface area contributed by atoms with Gasteiger partial charge in [0.2, 0.25) is 5.91 Å². The Hall–Kier alpha value is -3.94. The number of nitrogens with zero attached hydrogens (tertiary/aromatic N) is 1. The molecule has 0 saturated heterocycles. The van der Waals surface area contributed by atoms with E-state index in [0.29, 0.717) is 48.3 Å². The first-order valence-corrected chi connectivity index (χ1v) is 12.9. The van der Waals surface area contributed by atoms with Crippen molar-refractivity contribution in [2.45, 2.75) is 51.1 Å². The first-order valence-electron chi connectivity index (χ1n) is 12.9. The molecular weight excluding hydrogens is 472 g/mol.